The smallest absolute Gasteiger partial charge is 0.295 e. The van der Waals surface area contributed by atoms with E-state index in [1.165, 1.54) is 6.07 Å². The molecule has 132 valence electrons. The van der Waals surface area contributed by atoms with Crippen LogP contribution in [0.15, 0.2) is 81.5 Å². The molecule has 0 bridgehead atoms. The Kier molecular flexibility index (Phi) is 4.44. The third kappa shape index (κ3) is 3.61. The number of aromatic nitrogens is 2. The summed E-state index contributed by atoms with van der Waals surface area (Å²) in [6.45, 7) is 0. The summed E-state index contributed by atoms with van der Waals surface area (Å²) in [6, 6.07) is 16.0. The number of hydrogen-bond acceptors (Lipinski definition) is 5. The van der Waals surface area contributed by atoms with E-state index in [9.17, 15) is 8.42 Å². The number of anilines is 1. The topological polar surface area (TPSA) is 88.0 Å². The highest BCUT2D eigenvalue weighted by molar-refractivity contribution is 7.98. The maximum absolute atomic E-state index is 12.6. The number of nitrogens with zero attached hydrogens (tertiary/aromatic N) is 1. The number of furan rings is 1. The van der Waals surface area contributed by atoms with Crippen LogP contribution in [0.5, 0.6) is 0 Å². The lowest BCUT2D eigenvalue weighted by Crippen LogP contribution is -2.12. The second kappa shape index (κ2) is 6.89. The lowest BCUT2D eigenvalue weighted by atomic mass is 10.3. The summed E-state index contributed by atoms with van der Waals surface area (Å²) in [6.07, 6.45) is 3.40. The minimum atomic E-state index is -3.79. The molecule has 6 nitrogen and oxygen atoms in total. The number of H-pyrrole nitrogens is 1. The van der Waals surface area contributed by atoms with E-state index in [0.717, 1.165) is 21.7 Å². The van der Waals surface area contributed by atoms with Gasteiger partial charge in [0, 0.05) is 34.0 Å². The number of nitrogens with one attached hydrogen (secondary N) is 2. The van der Waals surface area contributed by atoms with Gasteiger partial charge in [0.2, 0.25) is 5.09 Å². The van der Waals surface area contributed by atoms with Crippen molar-refractivity contribution in [3.05, 3.63) is 72.8 Å². The van der Waals surface area contributed by atoms with Crippen molar-refractivity contribution in [3.8, 4) is 0 Å². The predicted octanol–water partition coefficient (Wildman–Crippen LogP) is 4.25. The first-order valence-corrected chi connectivity index (χ1v) is 10.3. The van der Waals surface area contributed by atoms with Gasteiger partial charge in [-0.15, -0.1) is 11.8 Å². The number of thioether (sulfide) groups is 1. The van der Waals surface area contributed by atoms with E-state index in [0.29, 0.717) is 11.3 Å². The van der Waals surface area contributed by atoms with Crippen LogP contribution in [-0.2, 0) is 15.8 Å². The second-order valence-electron chi connectivity index (χ2n) is 5.60. The Morgan fingerprint density at radius 2 is 2.00 bits per heavy atom. The van der Waals surface area contributed by atoms with E-state index in [1.54, 1.807) is 48.6 Å². The zero-order valence-electron chi connectivity index (χ0n) is 13.5. The molecule has 0 unspecified atom stereocenters. The SMILES string of the molecule is O=S(=O)(Nc1cccc(SCc2cnc[nH]2)c1)c1cc2ccccc2o1. The first-order chi connectivity index (χ1) is 12.6. The maximum atomic E-state index is 12.6. The molecule has 2 aromatic heterocycles. The number of imidazole rings is 1. The molecule has 0 atom stereocenters. The van der Waals surface area contributed by atoms with Gasteiger partial charge in [-0.05, 0) is 24.3 Å². The molecule has 2 heterocycles. The van der Waals surface area contributed by atoms with Crippen molar-refractivity contribution in [1.29, 1.82) is 0 Å². The molecule has 0 fully saturated rings. The molecule has 0 spiro atoms. The summed E-state index contributed by atoms with van der Waals surface area (Å²) < 4.78 is 33.2. The van der Waals surface area contributed by atoms with Crippen LogP contribution < -0.4 is 4.72 Å². The summed E-state index contributed by atoms with van der Waals surface area (Å²) in [4.78, 5) is 7.97. The van der Waals surface area contributed by atoms with Crippen molar-refractivity contribution in [2.24, 2.45) is 0 Å². The monoisotopic (exact) mass is 385 g/mol. The van der Waals surface area contributed by atoms with Crippen LogP contribution in [0.1, 0.15) is 5.69 Å². The van der Waals surface area contributed by atoms with Crippen molar-refractivity contribution < 1.29 is 12.8 Å². The predicted molar refractivity (Wildman–Crippen MR) is 102 cm³/mol. The fourth-order valence-corrected chi connectivity index (χ4v) is 4.35. The zero-order valence-corrected chi connectivity index (χ0v) is 15.2. The van der Waals surface area contributed by atoms with Crippen LogP contribution >= 0.6 is 11.8 Å². The minimum absolute atomic E-state index is 0.103. The van der Waals surface area contributed by atoms with Crippen LogP contribution in [0.4, 0.5) is 5.69 Å². The highest BCUT2D eigenvalue weighted by Gasteiger charge is 2.19. The number of fused-ring (bicyclic) bond motifs is 1. The first-order valence-electron chi connectivity index (χ1n) is 7.82. The highest BCUT2D eigenvalue weighted by Crippen LogP contribution is 2.27. The molecule has 4 rings (SSSR count). The Balaban J connectivity index is 1.53. The van der Waals surface area contributed by atoms with Gasteiger partial charge in [0.1, 0.15) is 5.58 Å². The molecule has 0 aliphatic rings. The average molecular weight is 385 g/mol. The largest absolute Gasteiger partial charge is 0.443 e. The summed E-state index contributed by atoms with van der Waals surface area (Å²) in [5, 5.41) is 0.644. The number of sulfonamides is 1. The lowest BCUT2D eigenvalue weighted by molar-refractivity contribution is 0.484. The summed E-state index contributed by atoms with van der Waals surface area (Å²) >= 11 is 1.59. The van der Waals surface area contributed by atoms with Crippen LogP contribution in [0.3, 0.4) is 0 Å². The van der Waals surface area contributed by atoms with E-state index < -0.39 is 10.0 Å². The number of rotatable bonds is 6. The van der Waals surface area contributed by atoms with Gasteiger partial charge in [0.25, 0.3) is 10.0 Å². The minimum Gasteiger partial charge on any atom is -0.443 e. The van der Waals surface area contributed by atoms with Crippen LogP contribution in [0, 0.1) is 0 Å². The number of aromatic amines is 1. The van der Waals surface area contributed by atoms with Crippen LogP contribution in [0.2, 0.25) is 0 Å². The van der Waals surface area contributed by atoms with E-state index in [4.69, 9.17) is 4.42 Å². The lowest BCUT2D eigenvalue weighted by Gasteiger charge is -2.07. The Bertz CT molecular complexity index is 1100. The second-order valence-corrected chi connectivity index (χ2v) is 8.26. The summed E-state index contributed by atoms with van der Waals surface area (Å²) in [5.41, 5.74) is 2.03. The van der Waals surface area contributed by atoms with Gasteiger partial charge in [-0.3, -0.25) is 4.72 Å². The molecule has 0 radical (unpaired) electrons. The van der Waals surface area contributed by atoms with Crippen molar-refractivity contribution >= 4 is 38.4 Å². The molecule has 2 N–H and O–H groups in total. The van der Waals surface area contributed by atoms with E-state index in [1.807, 2.05) is 24.3 Å². The molecule has 4 aromatic rings. The fraction of sp³-hybridized carbons (Fsp3) is 0.0556. The Labute approximate surface area is 154 Å². The van der Waals surface area contributed by atoms with Crippen molar-refractivity contribution in [2.45, 2.75) is 15.7 Å². The maximum Gasteiger partial charge on any atom is 0.295 e. The molecule has 0 saturated carbocycles. The number of hydrogen-bond donors (Lipinski definition) is 2. The van der Waals surface area contributed by atoms with E-state index in [-0.39, 0.29) is 5.09 Å². The van der Waals surface area contributed by atoms with Gasteiger partial charge >= 0.3 is 0 Å². The van der Waals surface area contributed by atoms with Gasteiger partial charge in [0.05, 0.1) is 12.0 Å². The quantitative estimate of drug-likeness (QED) is 0.485. The van der Waals surface area contributed by atoms with Gasteiger partial charge in [-0.2, -0.15) is 8.42 Å². The van der Waals surface area contributed by atoms with Crippen LogP contribution in [-0.4, -0.2) is 18.4 Å². The van der Waals surface area contributed by atoms with Gasteiger partial charge in [-0.25, -0.2) is 4.98 Å². The van der Waals surface area contributed by atoms with Gasteiger partial charge in [-0.1, -0.05) is 24.3 Å². The molecule has 0 aliphatic heterocycles. The van der Waals surface area contributed by atoms with Gasteiger partial charge < -0.3 is 9.40 Å². The number of benzene rings is 2. The van der Waals surface area contributed by atoms with Crippen molar-refractivity contribution in [2.75, 3.05) is 4.72 Å². The highest BCUT2D eigenvalue weighted by atomic mass is 32.2. The third-order valence-corrected chi connectivity index (χ3v) is 5.98. The summed E-state index contributed by atoms with van der Waals surface area (Å²) in [7, 11) is -3.79. The Hall–Kier alpha value is -2.71. The van der Waals surface area contributed by atoms with Crippen molar-refractivity contribution in [3.63, 3.8) is 0 Å². The molecular formula is C18H15N3O3S2. The Morgan fingerprint density at radius 1 is 1.12 bits per heavy atom. The number of para-hydroxylation sites is 1. The normalized spacial score (nSPS) is 11.7. The standard InChI is InChI=1S/C18H15N3O3S2/c22-26(23,18-8-13-4-1-2-7-17(13)24-18)21-14-5-3-6-16(9-14)25-11-15-10-19-12-20-15/h1-10,12,21H,11H2,(H,19,20). The Morgan fingerprint density at radius 3 is 2.81 bits per heavy atom. The van der Waals surface area contributed by atoms with E-state index >= 15 is 0 Å². The zero-order chi connectivity index (χ0) is 18.0. The summed E-state index contributed by atoms with van der Waals surface area (Å²) in [5.74, 6) is 0.722. The molecule has 2 aromatic carbocycles. The molecule has 8 heteroatoms. The fourth-order valence-electron chi connectivity index (χ4n) is 2.47. The van der Waals surface area contributed by atoms with E-state index in [2.05, 4.69) is 14.7 Å². The average Bonchev–Trinajstić information content (AvgIpc) is 3.29. The third-order valence-electron chi connectivity index (χ3n) is 3.70. The molecule has 0 saturated heterocycles. The molecule has 26 heavy (non-hydrogen) atoms. The first kappa shape index (κ1) is 16.7. The van der Waals surface area contributed by atoms with Gasteiger partial charge in [0.15, 0.2) is 0 Å². The molecule has 0 amide bonds. The molecular weight excluding hydrogens is 370 g/mol. The molecule has 0 aliphatic carbocycles. The van der Waals surface area contributed by atoms with Crippen LogP contribution in [0.25, 0.3) is 11.0 Å². The van der Waals surface area contributed by atoms with Crippen molar-refractivity contribution in [1.82, 2.24) is 9.97 Å².